The molecule has 0 aromatic heterocycles. The molecule has 17 heavy (non-hydrogen) atoms. The first kappa shape index (κ1) is 13.1. The van der Waals surface area contributed by atoms with Crippen molar-refractivity contribution < 1.29 is 14.6 Å². The van der Waals surface area contributed by atoms with Gasteiger partial charge in [-0.3, -0.25) is 0 Å². The molecule has 0 amide bonds. The van der Waals surface area contributed by atoms with E-state index in [1.54, 1.807) is 7.11 Å². The molecule has 0 heterocycles. The van der Waals surface area contributed by atoms with Crippen molar-refractivity contribution in [3.63, 3.8) is 0 Å². The first-order valence-electron chi connectivity index (χ1n) is 5.14. The number of hydrogen-bond donors (Lipinski definition) is 1. The van der Waals surface area contributed by atoms with Gasteiger partial charge in [-0.2, -0.15) is 0 Å². The first-order chi connectivity index (χ1) is 8.36. The summed E-state index contributed by atoms with van der Waals surface area (Å²) in [4.78, 5) is 0. The SMILES string of the molecule is COc1ccc(COCC#CC#CCO)cc1. The molecular formula is C14H14O3. The lowest BCUT2D eigenvalue weighted by Crippen LogP contribution is -1.93. The van der Waals surface area contributed by atoms with Crippen LogP contribution in [-0.4, -0.2) is 25.4 Å². The Labute approximate surface area is 101 Å². The molecule has 0 aliphatic carbocycles. The van der Waals surface area contributed by atoms with Crippen molar-refractivity contribution >= 4 is 0 Å². The summed E-state index contributed by atoms with van der Waals surface area (Å²) in [6.07, 6.45) is 0. The molecule has 0 radical (unpaired) electrons. The van der Waals surface area contributed by atoms with Gasteiger partial charge < -0.3 is 14.6 Å². The summed E-state index contributed by atoms with van der Waals surface area (Å²) in [5.74, 6) is 11.1. The highest BCUT2D eigenvalue weighted by Gasteiger charge is 1.93. The van der Waals surface area contributed by atoms with E-state index in [1.807, 2.05) is 24.3 Å². The molecule has 0 fully saturated rings. The van der Waals surface area contributed by atoms with Gasteiger partial charge in [-0.15, -0.1) is 0 Å². The summed E-state index contributed by atoms with van der Waals surface area (Å²) in [5, 5.41) is 8.38. The lowest BCUT2D eigenvalue weighted by Gasteiger charge is -2.02. The third-order valence-corrected chi connectivity index (χ3v) is 1.92. The normalized spacial score (nSPS) is 8.59. The summed E-state index contributed by atoms with van der Waals surface area (Å²) < 4.78 is 10.4. The average molecular weight is 230 g/mol. The summed E-state index contributed by atoms with van der Waals surface area (Å²) in [5.41, 5.74) is 1.06. The van der Waals surface area contributed by atoms with Crippen LogP contribution in [0.15, 0.2) is 24.3 Å². The largest absolute Gasteiger partial charge is 0.497 e. The third-order valence-electron chi connectivity index (χ3n) is 1.92. The minimum Gasteiger partial charge on any atom is -0.497 e. The quantitative estimate of drug-likeness (QED) is 0.624. The van der Waals surface area contributed by atoms with Gasteiger partial charge in [0.1, 0.15) is 19.0 Å². The van der Waals surface area contributed by atoms with Crippen LogP contribution >= 0.6 is 0 Å². The number of hydrogen-bond acceptors (Lipinski definition) is 3. The van der Waals surface area contributed by atoms with E-state index in [0.717, 1.165) is 11.3 Å². The molecule has 88 valence electrons. The van der Waals surface area contributed by atoms with Gasteiger partial charge in [-0.25, -0.2) is 0 Å². The summed E-state index contributed by atoms with van der Waals surface area (Å²) >= 11 is 0. The molecule has 0 atom stereocenters. The monoisotopic (exact) mass is 230 g/mol. The van der Waals surface area contributed by atoms with Gasteiger partial charge in [0, 0.05) is 0 Å². The molecule has 1 rings (SSSR count). The molecule has 0 saturated heterocycles. The summed E-state index contributed by atoms with van der Waals surface area (Å²) in [7, 11) is 1.63. The minimum atomic E-state index is -0.165. The maximum Gasteiger partial charge on any atom is 0.118 e. The lowest BCUT2D eigenvalue weighted by atomic mass is 10.2. The van der Waals surface area contributed by atoms with E-state index in [1.165, 1.54) is 0 Å². The molecule has 3 heteroatoms. The van der Waals surface area contributed by atoms with Crippen LogP contribution in [0.3, 0.4) is 0 Å². The van der Waals surface area contributed by atoms with Gasteiger partial charge >= 0.3 is 0 Å². The van der Waals surface area contributed by atoms with Crippen molar-refractivity contribution in [2.45, 2.75) is 6.61 Å². The molecule has 1 aromatic rings. The van der Waals surface area contributed by atoms with E-state index in [4.69, 9.17) is 14.6 Å². The lowest BCUT2D eigenvalue weighted by molar-refractivity contribution is 0.153. The van der Waals surface area contributed by atoms with Crippen LogP contribution in [0.2, 0.25) is 0 Å². The Kier molecular flexibility index (Phi) is 6.36. The average Bonchev–Trinajstić information content (AvgIpc) is 2.38. The molecule has 0 aliphatic rings. The summed E-state index contributed by atoms with van der Waals surface area (Å²) in [6.45, 7) is 0.666. The molecule has 0 saturated carbocycles. The smallest absolute Gasteiger partial charge is 0.118 e. The van der Waals surface area contributed by atoms with Crippen LogP contribution in [0.1, 0.15) is 5.56 Å². The van der Waals surface area contributed by atoms with Crippen molar-refractivity contribution in [1.82, 2.24) is 0 Å². The molecule has 1 aromatic carbocycles. The summed E-state index contributed by atoms with van der Waals surface area (Å²) in [6, 6.07) is 7.66. The number of rotatable bonds is 4. The van der Waals surface area contributed by atoms with Crippen LogP contribution in [0.5, 0.6) is 5.75 Å². The van der Waals surface area contributed by atoms with Crippen LogP contribution in [0.25, 0.3) is 0 Å². The van der Waals surface area contributed by atoms with Gasteiger partial charge in [0.25, 0.3) is 0 Å². The van der Waals surface area contributed by atoms with E-state index >= 15 is 0 Å². The van der Waals surface area contributed by atoms with Gasteiger partial charge in [-0.1, -0.05) is 24.0 Å². The van der Waals surface area contributed by atoms with E-state index in [2.05, 4.69) is 23.7 Å². The molecule has 0 spiro atoms. The van der Waals surface area contributed by atoms with Crippen molar-refractivity contribution in [2.75, 3.05) is 20.3 Å². The fraction of sp³-hybridized carbons (Fsp3) is 0.286. The highest BCUT2D eigenvalue weighted by Crippen LogP contribution is 2.11. The highest BCUT2D eigenvalue weighted by molar-refractivity contribution is 5.27. The topological polar surface area (TPSA) is 38.7 Å². The fourth-order valence-electron chi connectivity index (χ4n) is 1.11. The van der Waals surface area contributed by atoms with Crippen molar-refractivity contribution in [3.8, 4) is 29.4 Å². The fourth-order valence-corrected chi connectivity index (χ4v) is 1.11. The highest BCUT2D eigenvalue weighted by atomic mass is 16.5. The van der Waals surface area contributed by atoms with Crippen LogP contribution in [-0.2, 0) is 11.3 Å². The Balaban J connectivity index is 2.27. The second-order valence-electron chi connectivity index (χ2n) is 3.10. The number of methoxy groups -OCH3 is 1. The van der Waals surface area contributed by atoms with Gasteiger partial charge in [0.05, 0.1) is 13.7 Å². The van der Waals surface area contributed by atoms with Gasteiger partial charge in [-0.05, 0) is 29.5 Å². The molecule has 1 N–H and O–H groups in total. The number of aliphatic hydroxyl groups is 1. The zero-order valence-electron chi connectivity index (χ0n) is 9.69. The molecule has 0 bridgehead atoms. The minimum absolute atomic E-state index is 0.165. The Morgan fingerprint density at radius 2 is 1.82 bits per heavy atom. The van der Waals surface area contributed by atoms with Crippen molar-refractivity contribution in [1.29, 1.82) is 0 Å². The predicted octanol–water partition coefficient (Wildman–Crippen LogP) is 1.21. The van der Waals surface area contributed by atoms with E-state index < -0.39 is 0 Å². The van der Waals surface area contributed by atoms with E-state index in [-0.39, 0.29) is 6.61 Å². The Morgan fingerprint density at radius 3 is 2.47 bits per heavy atom. The van der Waals surface area contributed by atoms with Crippen LogP contribution < -0.4 is 4.74 Å². The van der Waals surface area contributed by atoms with E-state index in [9.17, 15) is 0 Å². The third kappa shape index (κ3) is 5.63. The zero-order chi connectivity index (χ0) is 12.3. The molecule has 3 nitrogen and oxygen atoms in total. The number of aliphatic hydroxyl groups excluding tert-OH is 1. The van der Waals surface area contributed by atoms with Crippen molar-refractivity contribution in [2.24, 2.45) is 0 Å². The predicted molar refractivity (Wildman–Crippen MR) is 65.3 cm³/mol. The first-order valence-corrected chi connectivity index (χ1v) is 5.14. The standard InChI is InChI=1S/C14H14O3/c1-16-14-8-6-13(7-9-14)12-17-11-5-3-2-4-10-15/h6-9,15H,10-12H2,1H3. The second-order valence-corrected chi connectivity index (χ2v) is 3.10. The molecule has 0 aliphatic heterocycles. The second kappa shape index (κ2) is 8.24. The van der Waals surface area contributed by atoms with Crippen LogP contribution in [0, 0.1) is 23.7 Å². The van der Waals surface area contributed by atoms with Gasteiger partial charge in [0.15, 0.2) is 0 Å². The van der Waals surface area contributed by atoms with Crippen LogP contribution in [0.4, 0.5) is 0 Å². The van der Waals surface area contributed by atoms with Gasteiger partial charge in [0.2, 0.25) is 0 Å². The number of benzene rings is 1. The van der Waals surface area contributed by atoms with E-state index in [0.29, 0.717) is 13.2 Å². The Morgan fingerprint density at radius 1 is 1.12 bits per heavy atom. The zero-order valence-corrected chi connectivity index (χ0v) is 9.69. The maximum absolute atomic E-state index is 8.38. The number of ether oxygens (including phenoxy) is 2. The van der Waals surface area contributed by atoms with Crippen molar-refractivity contribution in [3.05, 3.63) is 29.8 Å². The Hall–Kier alpha value is -1.94. The Bertz CT molecular complexity index is 440. The molecular weight excluding hydrogens is 216 g/mol. The maximum atomic E-state index is 8.38. The molecule has 0 unspecified atom stereocenters.